The third-order valence-electron chi connectivity index (χ3n) is 3.02. The van der Waals surface area contributed by atoms with Gasteiger partial charge in [-0.25, -0.2) is 13.1 Å². The van der Waals surface area contributed by atoms with Gasteiger partial charge in [-0.2, -0.15) is 0 Å². The van der Waals surface area contributed by atoms with E-state index in [1.165, 1.54) is 24.3 Å². The summed E-state index contributed by atoms with van der Waals surface area (Å²) in [4.78, 5) is 15.2. The second-order valence-electron chi connectivity index (χ2n) is 4.87. The number of aromatic hydroxyl groups is 1. The van der Waals surface area contributed by atoms with Crippen LogP contribution in [0.5, 0.6) is 5.75 Å². The highest BCUT2D eigenvalue weighted by molar-refractivity contribution is 7.90. The lowest BCUT2D eigenvalue weighted by Crippen LogP contribution is -2.28. The molecule has 0 atom stereocenters. The molecular formula is C16H16N2O4S. The van der Waals surface area contributed by atoms with Crippen LogP contribution in [-0.4, -0.2) is 25.1 Å². The molecule has 0 saturated heterocycles. The van der Waals surface area contributed by atoms with Gasteiger partial charge in [0.1, 0.15) is 5.75 Å². The summed E-state index contributed by atoms with van der Waals surface area (Å²) < 4.78 is 25.6. The van der Waals surface area contributed by atoms with Gasteiger partial charge in [0.05, 0.1) is 10.6 Å². The second-order valence-corrected chi connectivity index (χ2v) is 6.55. The zero-order chi connectivity index (χ0) is 17.0. The number of carbonyl (C=O) groups excluding carboxylic acids is 1. The van der Waals surface area contributed by atoms with Crippen LogP contribution in [0, 0.1) is 0 Å². The lowest BCUT2D eigenvalue weighted by molar-refractivity contribution is -0.117. The Morgan fingerprint density at radius 2 is 1.65 bits per heavy atom. The van der Waals surface area contributed by atoms with Crippen LogP contribution in [0.1, 0.15) is 19.4 Å². The molecule has 0 saturated carbocycles. The molecular weight excluding hydrogens is 316 g/mol. The lowest BCUT2D eigenvalue weighted by Gasteiger charge is -2.06. The molecule has 0 heterocycles. The summed E-state index contributed by atoms with van der Waals surface area (Å²) >= 11 is 0. The number of sulfonamides is 1. The zero-order valence-corrected chi connectivity index (χ0v) is 13.5. The summed E-state index contributed by atoms with van der Waals surface area (Å²) in [5.41, 5.74) is 1.73. The van der Waals surface area contributed by atoms with Crippen LogP contribution in [-0.2, 0) is 14.8 Å². The Balaban J connectivity index is 2.28. The van der Waals surface area contributed by atoms with E-state index in [1.807, 2.05) is 4.72 Å². The van der Waals surface area contributed by atoms with E-state index in [-0.39, 0.29) is 10.6 Å². The van der Waals surface area contributed by atoms with E-state index in [0.717, 1.165) is 6.92 Å². The van der Waals surface area contributed by atoms with Gasteiger partial charge >= 0.3 is 0 Å². The van der Waals surface area contributed by atoms with E-state index >= 15 is 0 Å². The molecule has 0 aliphatic carbocycles. The van der Waals surface area contributed by atoms with Crippen LogP contribution in [0.25, 0.3) is 0 Å². The standard InChI is InChI=1S/C16H16N2O4S/c1-11(15-5-3-4-6-16(15)20)17-13-7-9-14(10-8-13)23(21,22)18-12(2)19/h3-10,20H,1-2H3,(H,18,19). The van der Waals surface area contributed by atoms with Gasteiger partial charge in [0, 0.05) is 18.2 Å². The van der Waals surface area contributed by atoms with E-state index in [4.69, 9.17) is 0 Å². The monoisotopic (exact) mass is 332 g/mol. The predicted octanol–water partition coefficient (Wildman–Crippen LogP) is 2.36. The van der Waals surface area contributed by atoms with Gasteiger partial charge in [-0.15, -0.1) is 0 Å². The maximum absolute atomic E-state index is 11.8. The van der Waals surface area contributed by atoms with Gasteiger partial charge in [0.25, 0.3) is 10.0 Å². The topological polar surface area (TPSA) is 95.8 Å². The number of amides is 1. The van der Waals surface area contributed by atoms with Gasteiger partial charge in [-0.1, -0.05) is 12.1 Å². The van der Waals surface area contributed by atoms with Gasteiger partial charge in [-0.05, 0) is 43.3 Å². The molecule has 0 unspecified atom stereocenters. The maximum Gasteiger partial charge on any atom is 0.264 e. The molecule has 23 heavy (non-hydrogen) atoms. The van der Waals surface area contributed by atoms with Crippen LogP contribution >= 0.6 is 0 Å². The Morgan fingerprint density at radius 3 is 2.22 bits per heavy atom. The van der Waals surface area contributed by atoms with Crippen LogP contribution in [0.15, 0.2) is 58.4 Å². The SMILES string of the molecule is CC(=O)NS(=O)(=O)c1ccc(N=C(C)c2ccccc2O)cc1. The fourth-order valence-electron chi connectivity index (χ4n) is 1.98. The number of nitrogens with one attached hydrogen (secondary N) is 1. The van der Waals surface area contributed by atoms with Crippen molar-refractivity contribution in [2.24, 2.45) is 4.99 Å². The minimum absolute atomic E-state index is 0.0214. The molecule has 0 aromatic heterocycles. The Morgan fingerprint density at radius 1 is 1.04 bits per heavy atom. The largest absolute Gasteiger partial charge is 0.507 e. The molecule has 0 aliphatic heterocycles. The molecule has 0 fully saturated rings. The van der Waals surface area contributed by atoms with Crippen molar-refractivity contribution in [3.05, 3.63) is 54.1 Å². The Labute approximate surface area is 134 Å². The van der Waals surface area contributed by atoms with Gasteiger partial charge in [0.2, 0.25) is 5.91 Å². The summed E-state index contributed by atoms with van der Waals surface area (Å²) in [6.45, 7) is 2.88. The molecule has 2 rings (SSSR count). The molecule has 0 bridgehead atoms. The normalized spacial score (nSPS) is 12.0. The summed E-state index contributed by atoms with van der Waals surface area (Å²) in [7, 11) is -3.85. The molecule has 6 nitrogen and oxygen atoms in total. The minimum Gasteiger partial charge on any atom is -0.507 e. The first kappa shape index (κ1) is 16.7. The van der Waals surface area contributed by atoms with Crippen LogP contribution in [0.2, 0.25) is 0 Å². The first-order valence-corrected chi connectivity index (χ1v) is 8.25. The highest BCUT2D eigenvalue weighted by atomic mass is 32.2. The van der Waals surface area contributed by atoms with Crippen LogP contribution in [0.4, 0.5) is 5.69 Å². The summed E-state index contributed by atoms with van der Waals surface area (Å²) in [6.07, 6.45) is 0. The van der Waals surface area contributed by atoms with Crippen molar-refractivity contribution < 1.29 is 18.3 Å². The van der Waals surface area contributed by atoms with Crippen molar-refractivity contribution in [1.82, 2.24) is 4.72 Å². The second kappa shape index (κ2) is 6.62. The Bertz CT molecular complexity index is 856. The number of hydrogen-bond donors (Lipinski definition) is 2. The smallest absolute Gasteiger partial charge is 0.264 e. The van der Waals surface area contributed by atoms with Gasteiger partial charge in [-0.3, -0.25) is 9.79 Å². The van der Waals surface area contributed by atoms with E-state index in [9.17, 15) is 18.3 Å². The number of para-hydroxylation sites is 1. The van der Waals surface area contributed by atoms with Crippen molar-refractivity contribution in [3.8, 4) is 5.75 Å². The molecule has 120 valence electrons. The third-order valence-corrected chi connectivity index (χ3v) is 4.46. The van der Waals surface area contributed by atoms with Crippen molar-refractivity contribution in [2.75, 3.05) is 0 Å². The van der Waals surface area contributed by atoms with Gasteiger partial charge < -0.3 is 5.11 Å². The fraction of sp³-hybridized carbons (Fsp3) is 0.125. The highest BCUT2D eigenvalue weighted by Gasteiger charge is 2.14. The number of benzene rings is 2. The molecule has 0 radical (unpaired) electrons. The number of hydrogen-bond acceptors (Lipinski definition) is 5. The fourth-order valence-corrected chi connectivity index (χ4v) is 2.97. The number of phenols is 1. The lowest BCUT2D eigenvalue weighted by atomic mass is 10.1. The Hall–Kier alpha value is -2.67. The van der Waals surface area contributed by atoms with Crippen LogP contribution < -0.4 is 4.72 Å². The summed E-state index contributed by atoms with van der Waals surface area (Å²) in [5.74, 6) is -0.527. The first-order chi connectivity index (χ1) is 10.8. The minimum atomic E-state index is -3.85. The molecule has 2 aromatic carbocycles. The van der Waals surface area contributed by atoms with E-state index in [0.29, 0.717) is 17.0 Å². The van der Waals surface area contributed by atoms with Gasteiger partial charge in [0.15, 0.2) is 0 Å². The average molecular weight is 332 g/mol. The molecule has 0 aliphatic rings. The zero-order valence-electron chi connectivity index (χ0n) is 12.6. The molecule has 0 spiro atoms. The number of phenolic OH excluding ortho intramolecular Hbond substituents is 1. The Kier molecular flexibility index (Phi) is 4.80. The third kappa shape index (κ3) is 4.17. The number of rotatable bonds is 4. The van der Waals surface area contributed by atoms with E-state index in [1.54, 1.807) is 31.2 Å². The molecule has 7 heteroatoms. The van der Waals surface area contributed by atoms with Crippen molar-refractivity contribution in [1.29, 1.82) is 0 Å². The molecule has 2 aromatic rings. The quantitative estimate of drug-likeness (QED) is 0.840. The average Bonchev–Trinajstić information content (AvgIpc) is 2.47. The number of carbonyl (C=O) groups is 1. The maximum atomic E-state index is 11.8. The van der Waals surface area contributed by atoms with Crippen molar-refractivity contribution in [3.63, 3.8) is 0 Å². The summed E-state index contributed by atoms with van der Waals surface area (Å²) in [6, 6.07) is 12.6. The van der Waals surface area contributed by atoms with E-state index in [2.05, 4.69) is 4.99 Å². The van der Waals surface area contributed by atoms with Crippen LogP contribution in [0.3, 0.4) is 0 Å². The number of aliphatic imine (C=N–C) groups is 1. The molecule has 1 amide bonds. The highest BCUT2D eigenvalue weighted by Crippen LogP contribution is 2.21. The summed E-state index contributed by atoms with van der Waals surface area (Å²) in [5, 5.41) is 9.79. The first-order valence-electron chi connectivity index (χ1n) is 6.77. The number of nitrogens with zero attached hydrogens (tertiary/aromatic N) is 1. The predicted molar refractivity (Wildman–Crippen MR) is 87.4 cm³/mol. The van der Waals surface area contributed by atoms with E-state index < -0.39 is 15.9 Å². The molecule has 2 N–H and O–H groups in total. The van der Waals surface area contributed by atoms with Crippen molar-refractivity contribution in [2.45, 2.75) is 18.7 Å². The van der Waals surface area contributed by atoms with Crippen molar-refractivity contribution >= 4 is 27.3 Å².